The van der Waals surface area contributed by atoms with Crippen LogP contribution in [0, 0.1) is 0 Å². The molecule has 0 fully saturated rings. The molecule has 1 heterocycles. The smallest absolute Gasteiger partial charge is 0.0240 e. The van der Waals surface area contributed by atoms with E-state index >= 15 is 0 Å². The molecule has 0 bridgehead atoms. The Labute approximate surface area is 140 Å². The van der Waals surface area contributed by atoms with E-state index in [1.807, 2.05) is 0 Å². The van der Waals surface area contributed by atoms with E-state index < -0.39 is 0 Å². The first kappa shape index (κ1) is 16.0. The van der Waals surface area contributed by atoms with Crippen LogP contribution in [0.2, 0.25) is 0 Å². The lowest BCUT2D eigenvalue weighted by Gasteiger charge is -2.27. The Bertz CT molecular complexity index is 642. The summed E-state index contributed by atoms with van der Waals surface area (Å²) in [4.78, 5) is 2.63. The number of benzene rings is 2. The van der Waals surface area contributed by atoms with Gasteiger partial charge in [-0.25, -0.2) is 0 Å². The molecule has 3 rings (SSSR count). The number of fused-ring (bicyclic) bond motifs is 1. The second-order valence-electron chi connectivity index (χ2n) is 6.47. The van der Waals surface area contributed by atoms with Crippen LogP contribution in [0.25, 0.3) is 11.6 Å². The maximum Gasteiger partial charge on any atom is 0.0240 e. The number of unbranched alkanes of at least 4 members (excludes halogenated alkanes) is 1. The Morgan fingerprint density at radius 1 is 1.00 bits per heavy atom. The van der Waals surface area contributed by atoms with Crippen molar-refractivity contribution >= 4 is 11.6 Å². The lowest BCUT2D eigenvalue weighted by Crippen LogP contribution is -2.29. The van der Waals surface area contributed by atoms with E-state index in [2.05, 4.69) is 72.5 Å². The fraction of sp³-hybridized carbons (Fsp3) is 0.364. The van der Waals surface area contributed by atoms with E-state index in [4.69, 9.17) is 0 Å². The van der Waals surface area contributed by atoms with Gasteiger partial charge < -0.3 is 0 Å². The van der Waals surface area contributed by atoms with Crippen LogP contribution in [0.15, 0.2) is 54.6 Å². The Morgan fingerprint density at radius 2 is 1.78 bits per heavy atom. The third kappa shape index (κ3) is 4.33. The van der Waals surface area contributed by atoms with Gasteiger partial charge in [0.05, 0.1) is 0 Å². The summed E-state index contributed by atoms with van der Waals surface area (Å²) in [6.07, 6.45) is 7.39. The second kappa shape index (κ2) is 8.12. The number of nitrogens with zero attached hydrogens (tertiary/aromatic N) is 1. The standard InChI is InChI=1S/C22H27N/c1-2-3-15-23-16-9-13-20-12-7-8-14-22(20)21(18-23)17-19-10-5-4-6-11-19/h4-8,10-12,14,17H,2-3,9,13,15-16,18H2,1H3/b21-17-. The summed E-state index contributed by atoms with van der Waals surface area (Å²) >= 11 is 0. The zero-order valence-electron chi connectivity index (χ0n) is 14.2. The fourth-order valence-corrected chi connectivity index (χ4v) is 3.40. The van der Waals surface area contributed by atoms with Gasteiger partial charge in [-0.3, -0.25) is 4.90 Å². The van der Waals surface area contributed by atoms with E-state index in [1.54, 1.807) is 0 Å². The molecule has 1 nitrogen and oxygen atoms in total. The molecule has 1 heteroatoms. The summed E-state index contributed by atoms with van der Waals surface area (Å²) in [6.45, 7) is 5.76. The molecule has 1 aliphatic rings. The summed E-state index contributed by atoms with van der Waals surface area (Å²) in [5, 5.41) is 0. The van der Waals surface area contributed by atoms with Gasteiger partial charge in [-0.15, -0.1) is 0 Å². The zero-order chi connectivity index (χ0) is 15.9. The molecule has 0 aromatic heterocycles. The molecule has 0 aliphatic carbocycles. The van der Waals surface area contributed by atoms with E-state index in [0.29, 0.717) is 0 Å². The molecule has 0 unspecified atom stereocenters. The minimum atomic E-state index is 1.06. The summed E-state index contributed by atoms with van der Waals surface area (Å²) < 4.78 is 0. The fourth-order valence-electron chi connectivity index (χ4n) is 3.40. The lowest BCUT2D eigenvalue weighted by atomic mass is 9.93. The summed E-state index contributed by atoms with van der Waals surface area (Å²) in [5.41, 5.74) is 5.71. The normalized spacial score (nSPS) is 17.5. The minimum absolute atomic E-state index is 1.06. The third-order valence-electron chi connectivity index (χ3n) is 4.65. The molecule has 0 saturated carbocycles. The summed E-state index contributed by atoms with van der Waals surface area (Å²) in [5.74, 6) is 0. The van der Waals surface area contributed by atoms with Crippen LogP contribution < -0.4 is 0 Å². The highest BCUT2D eigenvalue weighted by Crippen LogP contribution is 2.26. The maximum atomic E-state index is 2.63. The van der Waals surface area contributed by atoms with Crippen molar-refractivity contribution < 1.29 is 0 Å². The van der Waals surface area contributed by atoms with Crippen molar-refractivity contribution in [2.45, 2.75) is 32.6 Å². The van der Waals surface area contributed by atoms with Gasteiger partial charge in [0.2, 0.25) is 0 Å². The number of aryl methyl sites for hydroxylation is 1. The van der Waals surface area contributed by atoms with Crippen LogP contribution in [-0.4, -0.2) is 24.5 Å². The molecular formula is C22H27N. The molecule has 2 aromatic carbocycles. The van der Waals surface area contributed by atoms with Crippen LogP contribution >= 0.6 is 0 Å². The molecule has 120 valence electrons. The molecule has 1 aliphatic heterocycles. The van der Waals surface area contributed by atoms with Crippen LogP contribution in [0.3, 0.4) is 0 Å². The topological polar surface area (TPSA) is 3.24 Å². The lowest BCUT2D eigenvalue weighted by molar-refractivity contribution is 0.295. The van der Waals surface area contributed by atoms with Crippen LogP contribution in [0.1, 0.15) is 42.9 Å². The van der Waals surface area contributed by atoms with Gasteiger partial charge in [-0.1, -0.05) is 67.9 Å². The largest absolute Gasteiger partial charge is 0.299 e. The quantitative estimate of drug-likeness (QED) is 0.743. The summed E-state index contributed by atoms with van der Waals surface area (Å²) in [6, 6.07) is 19.7. The Kier molecular flexibility index (Phi) is 5.65. The molecule has 0 saturated heterocycles. The molecule has 2 aromatic rings. The van der Waals surface area contributed by atoms with E-state index in [-0.39, 0.29) is 0 Å². The van der Waals surface area contributed by atoms with Gasteiger partial charge >= 0.3 is 0 Å². The van der Waals surface area contributed by atoms with Crippen molar-refractivity contribution in [3.05, 3.63) is 71.3 Å². The summed E-state index contributed by atoms with van der Waals surface area (Å²) in [7, 11) is 0. The Balaban J connectivity index is 1.95. The highest BCUT2D eigenvalue weighted by molar-refractivity contribution is 5.83. The van der Waals surface area contributed by atoms with Gasteiger partial charge in [-0.2, -0.15) is 0 Å². The number of hydrogen-bond donors (Lipinski definition) is 0. The van der Waals surface area contributed by atoms with Crippen molar-refractivity contribution in [1.29, 1.82) is 0 Å². The highest BCUT2D eigenvalue weighted by atomic mass is 15.1. The van der Waals surface area contributed by atoms with Crippen LogP contribution in [-0.2, 0) is 6.42 Å². The van der Waals surface area contributed by atoms with Gasteiger partial charge in [0.25, 0.3) is 0 Å². The first-order valence-electron chi connectivity index (χ1n) is 8.93. The SMILES string of the molecule is CCCCN1CCCc2ccccc2/C(=C\c2ccccc2)C1. The predicted octanol–water partition coefficient (Wildman–Crippen LogP) is 5.28. The number of hydrogen-bond acceptors (Lipinski definition) is 1. The second-order valence-corrected chi connectivity index (χ2v) is 6.47. The minimum Gasteiger partial charge on any atom is -0.299 e. The van der Waals surface area contributed by atoms with E-state index in [1.165, 1.54) is 61.0 Å². The molecule has 23 heavy (non-hydrogen) atoms. The number of rotatable bonds is 4. The molecule has 0 radical (unpaired) electrons. The molecule has 0 spiro atoms. The molecule has 0 amide bonds. The van der Waals surface area contributed by atoms with Crippen molar-refractivity contribution in [2.24, 2.45) is 0 Å². The maximum absolute atomic E-state index is 2.63. The Morgan fingerprint density at radius 3 is 2.61 bits per heavy atom. The Hall–Kier alpha value is -1.86. The van der Waals surface area contributed by atoms with Gasteiger partial charge in [0.1, 0.15) is 0 Å². The van der Waals surface area contributed by atoms with Gasteiger partial charge in [-0.05, 0) is 60.7 Å². The van der Waals surface area contributed by atoms with Crippen LogP contribution in [0.4, 0.5) is 0 Å². The van der Waals surface area contributed by atoms with Crippen molar-refractivity contribution in [3.63, 3.8) is 0 Å². The van der Waals surface area contributed by atoms with Gasteiger partial charge in [0, 0.05) is 6.54 Å². The average molecular weight is 305 g/mol. The molecular weight excluding hydrogens is 278 g/mol. The van der Waals surface area contributed by atoms with Crippen molar-refractivity contribution in [2.75, 3.05) is 19.6 Å². The molecule has 0 N–H and O–H groups in total. The van der Waals surface area contributed by atoms with Crippen molar-refractivity contribution in [3.8, 4) is 0 Å². The van der Waals surface area contributed by atoms with E-state index in [0.717, 1.165) is 6.54 Å². The average Bonchev–Trinajstić information content (AvgIpc) is 2.58. The van der Waals surface area contributed by atoms with Crippen LogP contribution in [0.5, 0.6) is 0 Å². The monoisotopic (exact) mass is 305 g/mol. The first-order valence-corrected chi connectivity index (χ1v) is 8.93. The first-order chi connectivity index (χ1) is 11.4. The van der Waals surface area contributed by atoms with Gasteiger partial charge in [0.15, 0.2) is 0 Å². The third-order valence-corrected chi connectivity index (χ3v) is 4.65. The van der Waals surface area contributed by atoms with E-state index in [9.17, 15) is 0 Å². The predicted molar refractivity (Wildman–Crippen MR) is 100 cm³/mol. The molecule has 0 atom stereocenters. The zero-order valence-corrected chi connectivity index (χ0v) is 14.2. The van der Waals surface area contributed by atoms with Crippen molar-refractivity contribution in [1.82, 2.24) is 4.90 Å². The highest BCUT2D eigenvalue weighted by Gasteiger charge is 2.15.